The summed E-state index contributed by atoms with van der Waals surface area (Å²) in [4.78, 5) is 4.39. The molecule has 2 heterocycles. The predicted octanol–water partition coefficient (Wildman–Crippen LogP) is 2.08. The zero-order valence-electron chi connectivity index (χ0n) is 10.2. The highest BCUT2D eigenvalue weighted by Gasteiger charge is 2.23. The van der Waals surface area contributed by atoms with E-state index in [0.29, 0.717) is 12.5 Å². The number of rotatable bonds is 2. The molecule has 0 amide bonds. The molecule has 1 aliphatic rings. The van der Waals surface area contributed by atoms with E-state index in [2.05, 4.69) is 16.1 Å². The monoisotopic (exact) mass is 230 g/mol. The number of nitrogens with two attached hydrogens (primary N) is 1. The van der Waals surface area contributed by atoms with E-state index in [4.69, 9.17) is 5.73 Å². The van der Waals surface area contributed by atoms with Gasteiger partial charge in [-0.3, -0.25) is 4.68 Å². The molecule has 17 heavy (non-hydrogen) atoms. The lowest BCUT2D eigenvalue weighted by Crippen LogP contribution is -2.02. The summed E-state index contributed by atoms with van der Waals surface area (Å²) in [7, 11) is 2.03. The van der Waals surface area contributed by atoms with Gasteiger partial charge >= 0.3 is 0 Å². The zero-order valence-corrected chi connectivity index (χ0v) is 10.2. The molecule has 2 N–H and O–H groups in total. The first-order valence-corrected chi connectivity index (χ1v) is 6.31. The van der Waals surface area contributed by atoms with E-state index in [9.17, 15) is 0 Å². The van der Waals surface area contributed by atoms with Crippen LogP contribution < -0.4 is 5.73 Å². The minimum absolute atomic E-state index is 0.544. The average molecular weight is 230 g/mol. The fraction of sp³-hybridized carbons (Fsp3) is 0.538. The van der Waals surface area contributed by atoms with Gasteiger partial charge < -0.3 is 5.73 Å². The van der Waals surface area contributed by atoms with Gasteiger partial charge in [-0.05, 0) is 24.5 Å². The summed E-state index contributed by atoms with van der Waals surface area (Å²) in [6.07, 6.45) is 7.05. The second kappa shape index (κ2) is 4.11. The van der Waals surface area contributed by atoms with Crippen molar-refractivity contribution in [1.82, 2.24) is 14.8 Å². The summed E-state index contributed by atoms with van der Waals surface area (Å²) in [5.74, 6) is 0.653. The Bertz CT molecular complexity index is 538. The van der Waals surface area contributed by atoms with Crippen LogP contribution in [0.4, 0.5) is 0 Å². The van der Waals surface area contributed by atoms with Gasteiger partial charge in [0, 0.05) is 31.1 Å². The third kappa shape index (κ3) is 1.72. The van der Waals surface area contributed by atoms with Crippen molar-refractivity contribution in [3.63, 3.8) is 0 Å². The molecule has 1 fully saturated rings. The van der Waals surface area contributed by atoms with Crippen LogP contribution in [0.3, 0.4) is 0 Å². The maximum Gasteiger partial charge on any atom is 0.181 e. The highest BCUT2D eigenvalue weighted by Crippen LogP contribution is 2.37. The van der Waals surface area contributed by atoms with Crippen molar-refractivity contribution >= 4 is 11.0 Å². The second-order valence-corrected chi connectivity index (χ2v) is 4.91. The molecule has 4 nitrogen and oxygen atoms in total. The van der Waals surface area contributed by atoms with Crippen LogP contribution in [0.2, 0.25) is 0 Å². The van der Waals surface area contributed by atoms with Crippen LogP contribution in [0, 0.1) is 0 Å². The van der Waals surface area contributed by atoms with Crippen LogP contribution in [0.15, 0.2) is 12.3 Å². The van der Waals surface area contributed by atoms with Crippen molar-refractivity contribution in [2.75, 3.05) is 0 Å². The van der Waals surface area contributed by atoms with E-state index in [0.717, 1.165) is 11.2 Å². The van der Waals surface area contributed by atoms with E-state index in [1.165, 1.54) is 36.8 Å². The van der Waals surface area contributed by atoms with Crippen LogP contribution in [-0.4, -0.2) is 14.8 Å². The number of hydrogen-bond acceptors (Lipinski definition) is 3. The van der Waals surface area contributed by atoms with Crippen LogP contribution >= 0.6 is 0 Å². The number of aryl methyl sites for hydroxylation is 1. The molecule has 90 valence electrons. The van der Waals surface area contributed by atoms with Crippen LogP contribution in [-0.2, 0) is 13.6 Å². The first-order valence-electron chi connectivity index (χ1n) is 6.31. The molecular weight excluding hydrogens is 212 g/mol. The normalized spacial score (nSPS) is 17.1. The molecule has 2 aromatic rings. The summed E-state index contributed by atoms with van der Waals surface area (Å²) in [6, 6.07) is 2.16. The number of pyridine rings is 1. The summed E-state index contributed by atoms with van der Waals surface area (Å²) < 4.78 is 2.01. The maximum atomic E-state index is 5.68. The SMILES string of the molecule is Cn1nc2ncc(CN)cc2c1C1CCCC1. The van der Waals surface area contributed by atoms with E-state index < -0.39 is 0 Å². The molecule has 1 saturated carbocycles. The molecule has 1 aliphatic carbocycles. The van der Waals surface area contributed by atoms with Gasteiger partial charge in [0.2, 0.25) is 0 Å². The molecule has 3 rings (SSSR count). The zero-order chi connectivity index (χ0) is 11.8. The van der Waals surface area contributed by atoms with Crippen molar-refractivity contribution in [3.05, 3.63) is 23.5 Å². The topological polar surface area (TPSA) is 56.7 Å². The predicted molar refractivity (Wildman–Crippen MR) is 67.6 cm³/mol. The standard InChI is InChI=1S/C13H18N4/c1-17-12(10-4-2-3-5-10)11-6-9(7-14)8-15-13(11)16-17/h6,8,10H,2-5,7,14H2,1H3. The Balaban J connectivity index is 2.17. The lowest BCUT2D eigenvalue weighted by atomic mass is 10.0. The molecule has 0 atom stereocenters. The van der Waals surface area contributed by atoms with Gasteiger partial charge in [0.25, 0.3) is 0 Å². The fourth-order valence-corrected chi connectivity index (χ4v) is 2.93. The Hall–Kier alpha value is -1.42. The molecular formula is C13H18N4. The number of aromatic nitrogens is 3. The molecule has 0 saturated heterocycles. The van der Waals surface area contributed by atoms with E-state index in [1.54, 1.807) is 0 Å². The maximum absolute atomic E-state index is 5.68. The Morgan fingerprint density at radius 1 is 1.41 bits per heavy atom. The molecule has 0 radical (unpaired) electrons. The van der Waals surface area contributed by atoms with Crippen molar-refractivity contribution in [3.8, 4) is 0 Å². The molecule has 0 aliphatic heterocycles. The van der Waals surface area contributed by atoms with Crippen LogP contribution in [0.25, 0.3) is 11.0 Å². The van der Waals surface area contributed by atoms with Crippen molar-refractivity contribution in [2.45, 2.75) is 38.1 Å². The molecule has 0 bridgehead atoms. The van der Waals surface area contributed by atoms with Gasteiger partial charge in [-0.15, -0.1) is 0 Å². The summed E-state index contributed by atoms with van der Waals surface area (Å²) >= 11 is 0. The fourth-order valence-electron chi connectivity index (χ4n) is 2.93. The van der Waals surface area contributed by atoms with Crippen molar-refractivity contribution in [2.24, 2.45) is 12.8 Å². The first kappa shape index (κ1) is 10.7. The molecule has 2 aromatic heterocycles. The van der Waals surface area contributed by atoms with E-state index in [1.807, 2.05) is 17.9 Å². The van der Waals surface area contributed by atoms with Crippen LogP contribution in [0.5, 0.6) is 0 Å². The Morgan fingerprint density at radius 2 is 2.18 bits per heavy atom. The Labute approximate surface area is 101 Å². The number of nitrogens with zero attached hydrogens (tertiary/aromatic N) is 3. The molecule has 0 unspecified atom stereocenters. The van der Waals surface area contributed by atoms with Gasteiger partial charge in [0.15, 0.2) is 5.65 Å². The molecule has 4 heteroatoms. The van der Waals surface area contributed by atoms with Gasteiger partial charge in [-0.25, -0.2) is 4.98 Å². The smallest absolute Gasteiger partial charge is 0.181 e. The summed E-state index contributed by atoms with van der Waals surface area (Å²) in [5, 5.41) is 5.69. The van der Waals surface area contributed by atoms with Gasteiger partial charge in [-0.2, -0.15) is 5.10 Å². The van der Waals surface area contributed by atoms with Crippen LogP contribution in [0.1, 0.15) is 42.9 Å². The lowest BCUT2D eigenvalue weighted by Gasteiger charge is -2.10. The largest absolute Gasteiger partial charge is 0.326 e. The molecule has 0 spiro atoms. The van der Waals surface area contributed by atoms with E-state index >= 15 is 0 Å². The van der Waals surface area contributed by atoms with Gasteiger partial charge in [-0.1, -0.05) is 12.8 Å². The summed E-state index contributed by atoms with van der Waals surface area (Å²) in [5.41, 5.74) is 8.97. The lowest BCUT2D eigenvalue weighted by molar-refractivity contribution is 0.623. The Kier molecular flexibility index (Phi) is 2.59. The van der Waals surface area contributed by atoms with Crippen molar-refractivity contribution in [1.29, 1.82) is 0 Å². The average Bonchev–Trinajstić information content (AvgIpc) is 2.93. The highest BCUT2D eigenvalue weighted by molar-refractivity contribution is 5.79. The summed E-state index contributed by atoms with van der Waals surface area (Å²) in [6.45, 7) is 0.544. The van der Waals surface area contributed by atoms with E-state index in [-0.39, 0.29) is 0 Å². The minimum atomic E-state index is 0.544. The molecule has 0 aromatic carbocycles. The van der Waals surface area contributed by atoms with Gasteiger partial charge in [0.1, 0.15) is 0 Å². The second-order valence-electron chi connectivity index (χ2n) is 4.91. The highest BCUT2D eigenvalue weighted by atomic mass is 15.3. The third-order valence-corrected chi connectivity index (χ3v) is 3.77. The Morgan fingerprint density at radius 3 is 2.88 bits per heavy atom. The minimum Gasteiger partial charge on any atom is -0.326 e. The van der Waals surface area contributed by atoms with Crippen molar-refractivity contribution < 1.29 is 0 Å². The quantitative estimate of drug-likeness (QED) is 0.859. The number of fused-ring (bicyclic) bond motifs is 1. The third-order valence-electron chi connectivity index (χ3n) is 3.77. The van der Waals surface area contributed by atoms with Gasteiger partial charge in [0.05, 0.1) is 5.69 Å². The first-order chi connectivity index (χ1) is 8.29. The number of hydrogen-bond donors (Lipinski definition) is 1.